The Morgan fingerprint density at radius 1 is 1.56 bits per heavy atom. The first-order chi connectivity index (χ1) is 8.69. The molecule has 1 N–H and O–H groups in total. The van der Waals surface area contributed by atoms with Crippen molar-refractivity contribution in [2.45, 2.75) is 25.8 Å². The molecule has 2 aromatic heterocycles. The van der Waals surface area contributed by atoms with Crippen molar-refractivity contribution >= 4 is 27.3 Å². The van der Waals surface area contributed by atoms with E-state index in [4.69, 9.17) is 0 Å². The van der Waals surface area contributed by atoms with Crippen molar-refractivity contribution in [1.29, 1.82) is 0 Å². The lowest BCUT2D eigenvalue weighted by Crippen LogP contribution is -2.24. The lowest BCUT2D eigenvalue weighted by atomic mass is 10.1. The highest BCUT2D eigenvalue weighted by Gasteiger charge is 2.15. The van der Waals surface area contributed by atoms with Crippen LogP contribution in [-0.4, -0.2) is 16.3 Å². The second kappa shape index (κ2) is 6.50. The second-order valence-corrected chi connectivity index (χ2v) is 6.27. The van der Waals surface area contributed by atoms with Crippen LogP contribution in [0.5, 0.6) is 0 Å². The van der Waals surface area contributed by atoms with Gasteiger partial charge in [0.2, 0.25) is 0 Å². The monoisotopic (exact) mass is 327 g/mol. The highest BCUT2D eigenvalue weighted by Crippen LogP contribution is 2.25. The number of nitrogens with zero attached hydrogens (tertiary/aromatic N) is 2. The molecule has 0 aromatic carbocycles. The van der Waals surface area contributed by atoms with E-state index in [0.717, 1.165) is 29.6 Å². The average molecular weight is 328 g/mol. The highest BCUT2D eigenvalue weighted by atomic mass is 79.9. The van der Waals surface area contributed by atoms with Gasteiger partial charge in [0, 0.05) is 34.4 Å². The molecule has 1 atom stereocenters. The van der Waals surface area contributed by atoms with Gasteiger partial charge in [-0.25, -0.2) is 0 Å². The Morgan fingerprint density at radius 2 is 2.39 bits per heavy atom. The lowest BCUT2D eigenvalue weighted by molar-refractivity contribution is 0.513. The minimum Gasteiger partial charge on any atom is -0.308 e. The molecular formula is C13H18BrN3S. The maximum atomic E-state index is 4.51. The zero-order valence-corrected chi connectivity index (χ0v) is 13.1. The van der Waals surface area contributed by atoms with Crippen molar-refractivity contribution < 1.29 is 0 Å². The molecule has 0 radical (unpaired) electrons. The Labute approximate surface area is 120 Å². The number of hydrogen-bond acceptors (Lipinski definition) is 3. The molecule has 2 heterocycles. The molecule has 98 valence electrons. The molecule has 2 rings (SSSR count). The zero-order chi connectivity index (χ0) is 13.0. The Morgan fingerprint density at radius 3 is 2.94 bits per heavy atom. The van der Waals surface area contributed by atoms with Crippen LogP contribution >= 0.6 is 27.3 Å². The summed E-state index contributed by atoms with van der Waals surface area (Å²) in [5.41, 5.74) is 1.12. The Kier molecular flexibility index (Phi) is 4.97. The normalized spacial score (nSPS) is 12.8. The van der Waals surface area contributed by atoms with E-state index in [0.29, 0.717) is 6.04 Å². The van der Waals surface area contributed by atoms with Gasteiger partial charge < -0.3 is 5.32 Å². The standard InChI is InChI=1S/C13H18BrN3S/c1-3-5-15-13(12-4-6-17(2)16-12)8-11-7-10(14)9-18-11/h4,6-7,9,13,15H,3,5,8H2,1-2H3. The van der Waals surface area contributed by atoms with Crippen molar-refractivity contribution in [1.82, 2.24) is 15.1 Å². The molecule has 0 spiro atoms. The number of hydrogen-bond donors (Lipinski definition) is 1. The minimum atomic E-state index is 0.302. The Balaban J connectivity index is 2.09. The van der Waals surface area contributed by atoms with Crippen LogP contribution in [0.1, 0.15) is 30.0 Å². The highest BCUT2D eigenvalue weighted by molar-refractivity contribution is 9.10. The summed E-state index contributed by atoms with van der Waals surface area (Å²) in [6, 6.07) is 4.58. The van der Waals surface area contributed by atoms with Gasteiger partial charge in [-0.1, -0.05) is 6.92 Å². The molecule has 0 saturated heterocycles. The number of rotatable bonds is 6. The molecule has 0 aliphatic heterocycles. The van der Waals surface area contributed by atoms with E-state index >= 15 is 0 Å². The van der Waals surface area contributed by atoms with Gasteiger partial charge >= 0.3 is 0 Å². The Hall–Kier alpha value is -0.650. The van der Waals surface area contributed by atoms with Crippen molar-refractivity contribution in [3.63, 3.8) is 0 Å². The summed E-state index contributed by atoms with van der Waals surface area (Å²) < 4.78 is 3.03. The van der Waals surface area contributed by atoms with Gasteiger partial charge in [0.1, 0.15) is 0 Å². The SMILES string of the molecule is CCCNC(Cc1cc(Br)cs1)c1ccn(C)n1. The zero-order valence-electron chi connectivity index (χ0n) is 10.7. The van der Waals surface area contributed by atoms with E-state index in [2.05, 4.69) is 50.8 Å². The van der Waals surface area contributed by atoms with Crippen LogP contribution in [-0.2, 0) is 13.5 Å². The van der Waals surface area contributed by atoms with E-state index < -0.39 is 0 Å². The first kappa shape index (κ1) is 13.8. The molecule has 0 bridgehead atoms. The summed E-state index contributed by atoms with van der Waals surface area (Å²) in [6.45, 7) is 3.21. The van der Waals surface area contributed by atoms with E-state index in [9.17, 15) is 0 Å². The smallest absolute Gasteiger partial charge is 0.0797 e. The molecule has 2 aromatic rings. The van der Waals surface area contributed by atoms with Crippen LogP contribution in [0.4, 0.5) is 0 Å². The molecule has 18 heavy (non-hydrogen) atoms. The molecule has 3 nitrogen and oxygen atoms in total. The largest absolute Gasteiger partial charge is 0.308 e. The predicted octanol–water partition coefficient (Wildman–Crippen LogP) is 3.53. The van der Waals surface area contributed by atoms with Crippen LogP contribution in [0.25, 0.3) is 0 Å². The van der Waals surface area contributed by atoms with Gasteiger partial charge in [0.25, 0.3) is 0 Å². The van der Waals surface area contributed by atoms with Gasteiger partial charge in [-0.15, -0.1) is 11.3 Å². The summed E-state index contributed by atoms with van der Waals surface area (Å²) in [5.74, 6) is 0. The summed E-state index contributed by atoms with van der Waals surface area (Å²) in [7, 11) is 1.96. The van der Waals surface area contributed by atoms with Crippen LogP contribution in [0.3, 0.4) is 0 Å². The third-order valence-corrected chi connectivity index (χ3v) is 4.48. The van der Waals surface area contributed by atoms with Crippen molar-refractivity contribution in [3.05, 3.63) is 38.8 Å². The first-order valence-corrected chi connectivity index (χ1v) is 7.82. The topological polar surface area (TPSA) is 29.9 Å². The third-order valence-electron chi connectivity index (χ3n) is 2.76. The van der Waals surface area contributed by atoms with Crippen LogP contribution < -0.4 is 5.32 Å². The van der Waals surface area contributed by atoms with E-state index in [1.807, 2.05) is 17.9 Å². The molecule has 0 saturated carbocycles. The maximum Gasteiger partial charge on any atom is 0.0797 e. The van der Waals surface area contributed by atoms with Crippen LogP contribution in [0, 0.1) is 0 Å². The number of nitrogens with one attached hydrogen (secondary N) is 1. The van der Waals surface area contributed by atoms with Crippen molar-refractivity contribution in [3.8, 4) is 0 Å². The molecule has 1 unspecified atom stereocenters. The van der Waals surface area contributed by atoms with Crippen molar-refractivity contribution in [2.75, 3.05) is 6.54 Å². The van der Waals surface area contributed by atoms with E-state index in [-0.39, 0.29) is 0 Å². The fourth-order valence-electron chi connectivity index (χ4n) is 1.88. The van der Waals surface area contributed by atoms with Crippen molar-refractivity contribution in [2.24, 2.45) is 7.05 Å². The molecular weight excluding hydrogens is 310 g/mol. The summed E-state index contributed by atoms with van der Waals surface area (Å²) >= 11 is 5.30. The van der Waals surface area contributed by atoms with Gasteiger partial charge in [0.05, 0.1) is 11.7 Å². The number of halogens is 1. The molecule has 5 heteroatoms. The van der Waals surface area contributed by atoms with Gasteiger partial charge in [-0.2, -0.15) is 5.10 Å². The number of aromatic nitrogens is 2. The fraction of sp³-hybridized carbons (Fsp3) is 0.462. The molecule has 0 aliphatic rings. The fourth-order valence-corrected chi connectivity index (χ4v) is 3.38. The van der Waals surface area contributed by atoms with E-state index in [1.165, 1.54) is 4.88 Å². The average Bonchev–Trinajstić information content (AvgIpc) is 2.93. The predicted molar refractivity (Wildman–Crippen MR) is 80.0 cm³/mol. The van der Waals surface area contributed by atoms with Crippen LogP contribution in [0.15, 0.2) is 28.2 Å². The lowest BCUT2D eigenvalue weighted by Gasteiger charge is -2.15. The van der Waals surface area contributed by atoms with Crippen LogP contribution in [0.2, 0.25) is 0 Å². The first-order valence-electron chi connectivity index (χ1n) is 6.15. The summed E-state index contributed by atoms with van der Waals surface area (Å²) in [5, 5.41) is 10.2. The number of aryl methyl sites for hydroxylation is 1. The summed E-state index contributed by atoms with van der Waals surface area (Å²) in [4.78, 5) is 1.38. The third kappa shape index (κ3) is 3.67. The molecule has 0 fully saturated rings. The number of thiophene rings is 1. The summed E-state index contributed by atoms with van der Waals surface area (Å²) in [6.07, 6.45) is 4.13. The molecule has 0 aliphatic carbocycles. The van der Waals surface area contributed by atoms with Gasteiger partial charge in [0.15, 0.2) is 0 Å². The van der Waals surface area contributed by atoms with Gasteiger partial charge in [-0.3, -0.25) is 4.68 Å². The minimum absolute atomic E-state index is 0.302. The van der Waals surface area contributed by atoms with E-state index in [1.54, 1.807) is 11.3 Å². The van der Waals surface area contributed by atoms with Gasteiger partial charge in [-0.05, 0) is 41.0 Å². The maximum absolute atomic E-state index is 4.51. The Bertz CT molecular complexity index is 492. The quantitative estimate of drug-likeness (QED) is 0.879. The second-order valence-electron chi connectivity index (χ2n) is 4.36. The molecule has 0 amide bonds.